The van der Waals surface area contributed by atoms with Crippen molar-refractivity contribution in [3.05, 3.63) is 68.0 Å². The molecule has 4 aromatic rings. The van der Waals surface area contributed by atoms with Gasteiger partial charge in [-0.25, -0.2) is 10.1 Å². The number of halogens is 1. The van der Waals surface area contributed by atoms with Crippen LogP contribution in [0.4, 0.5) is 0 Å². The maximum atomic E-state index is 12.9. The van der Waals surface area contributed by atoms with E-state index in [4.69, 9.17) is 16.6 Å². The van der Waals surface area contributed by atoms with Crippen LogP contribution in [0.25, 0.3) is 28.0 Å². The van der Waals surface area contributed by atoms with Gasteiger partial charge in [-0.3, -0.25) is 9.36 Å². The molecule has 2 aromatic carbocycles. The van der Waals surface area contributed by atoms with E-state index >= 15 is 0 Å². The number of nitrogens with one attached hydrogen (secondary N) is 1. The lowest BCUT2D eigenvalue weighted by Crippen LogP contribution is -2.22. The maximum Gasteiger partial charge on any atom is 0.284 e. The van der Waals surface area contributed by atoms with Gasteiger partial charge in [-0.05, 0) is 61.6 Å². The van der Waals surface area contributed by atoms with Crippen molar-refractivity contribution in [2.45, 2.75) is 6.92 Å². The van der Waals surface area contributed by atoms with Crippen molar-refractivity contribution in [2.24, 2.45) is 0 Å². The van der Waals surface area contributed by atoms with E-state index in [1.807, 2.05) is 43.3 Å². The zero-order valence-electron chi connectivity index (χ0n) is 13.0. The summed E-state index contributed by atoms with van der Waals surface area (Å²) in [5.74, 6) is 1.02. The van der Waals surface area contributed by atoms with Crippen molar-refractivity contribution in [3.63, 3.8) is 0 Å². The number of hydrogen-bond donors (Lipinski definition) is 1. The minimum absolute atomic E-state index is 0.117. The molecule has 0 fully saturated rings. The molecule has 0 aliphatic carbocycles. The van der Waals surface area contributed by atoms with Crippen LogP contribution >= 0.6 is 28.1 Å². The molecule has 0 spiro atoms. The number of fused-ring (bicyclic) bond motifs is 1. The van der Waals surface area contributed by atoms with E-state index in [1.54, 1.807) is 10.6 Å². The SMILES string of the molecule is Cc1nc2ccc(Br)cc2c(=O)n1-c1ccc(-c2n[nH]c(=S)o2)cc1. The molecule has 124 valence electrons. The average molecular weight is 415 g/mol. The van der Waals surface area contributed by atoms with Crippen LogP contribution in [0.2, 0.25) is 0 Å². The maximum absolute atomic E-state index is 12.9. The molecule has 4 rings (SSSR count). The molecule has 0 bridgehead atoms. The fourth-order valence-corrected chi connectivity index (χ4v) is 3.16. The van der Waals surface area contributed by atoms with E-state index in [-0.39, 0.29) is 10.4 Å². The van der Waals surface area contributed by atoms with Gasteiger partial charge in [0.2, 0.25) is 5.89 Å². The number of hydrogen-bond acceptors (Lipinski definition) is 5. The zero-order chi connectivity index (χ0) is 17.6. The van der Waals surface area contributed by atoms with E-state index in [0.717, 1.165) is 15.7 Å². The monoisotopic (exact) mass is 414 g/mol. The highest BCUT2D eigenvalue weighted by Gasteiger charge is 2.11. The van der Waals surface area contributed by atoms with Crippen LogP contribution in [-0.4, -0.2) is 19.7 Å². The standard InChI is InChI=1S/C17H11BrN4O2S/c1-9-19-14-7-4-11(18)8-13(14)16(23)22(9)12-5-2-10(3-6-12)15-20-21-17(25)24-15/h2-8H,1H3,(H,21,25). The quantitative estimate of drug-likeness (QED) is 0.498. The highest BCUT2D eigenvalue weighted by Crippen LogP contribution is 2.21. The molecule has 0 atom stereocenters. The Morgan fingerprint density at radius 1 is 1.20 bits per heavy atom. The number of nitrogens with zero attached hydrogens (tertiary/aromatic N) is 3. The summed E-state index contributed by atoms with van der Waals surface area (Å²) in [6.45, 7) is 1.81. The Morgan fingerprint density at radius 3 is 2.64 bits per heavy atom. The second-order valence-electron chi connectivity index (χ2n) is 5.43. The van der Waals surface area contributed by atoms with Gasteiger partial charge in [0.25, 0.3) is 10.4 Å². The molecule has 25 heavy (non-hydrogen) atoms. The van der Waals surface area contributed by atoms with Gasteiger partial charge in [0.05, 0.1) is 16.6 Å². The Morgan fingerprint density at radius 2 is 1.96 bits per heavy atom. The predicted molar refractivity (Wildman–Crippen MR) is 100 cm³/mol. The van der Waals surface area contributed by atoms with Crippen molar-refractivity contribution >= 4 is 39.1 Å². The molecular formula is C17H11BrN4O2S. The third-order valence-electron chi connectivity index (χ3n) is 3.81. The summed E-state index contributed by atoms with van der Waals surface area (Å²) in [6.07, 6.45) is 0. The minimum atomic E-state index is -0.117. The Balaban J connectivity index is 1.87. The molecule has 1 N–H and O–H groups in total. The van der Waals surface area contributed by atoms with E-state index in [9.17, 15) is 4.79 Å². The summed E-state index contributed by atoms with van der Waals surface area (Å²) in [4.78, 5) is 17.7. The Bertz CT molecular complexity index is 1210. The topological polar surface area (TPSA) is 76.7 Å². The van der Waals surface area contributed by atoms with E-state index in [1.165, 1.54) is 0 Å². The summed E-state index contributed by atoms with van der Waals surface area (Å²) < 4.78 is 7.72. The number of aryl methyl sites for hydroxylation is 1. The molecule has 0 amide bonds. The molecule has 8 heteroatoms. The van der Waals surface area contributed by atoms with Crippen molar-refractivity contribution in [2.75, 3.05) is 0 Å². The zero-order valence-corrected chi connectivity index (χ0v) is 15.4. The van der Waals surface area contributed by atoms with Crippen LogP contribution in [-0.2, 0) is 0 Å². The first-order chi connectivity index (χ1) is 12.0. The lowest BCUT2D eigenvalue weighted by Gasteiger charge is -2.11. The van der Waals surface area contributed by atoms with Crippen molar-refractivity contribution in [1.82, 2.24) is 19.7 Å². The summed E-state index contributed by atoms with van der Waals surface area (Å²) >= 11 is 8.28. The number of H-pyrrole nitrogens is 1. The largest absolute Gasteiger partial charge is 0.409 e. The molecule has 0 saturated heterocycles. The van der Waals surface area contributed by atoms with Gasteiger partial charge in [0, 0.05) is 10.0 Å². The van der Waals surface area contributed by atoms with Crippen LogP contribution in [0.3, 0.4) is 0 Å². The minimum Gasteiger partial charge on any atom is -0.409 e. The smallest absolute Gasteiger partial charge is 0.284 e. The summed E-state index contributed by atoms with van der Waals surface area (Å²) in [6, 6.07) is 12.8. The normalized spacial score (nSPS) is 11.1. The van der Waals surface area contributed by atoms with Gasteiger partial charge in [0.1, 0.15) is 5.82 Å². The summed E-state index contributed by atoms with van der Waals surface area (Å²) in [5.41, 5.74) is 2.04. The molecule has 0 saturated carbocycles. The van der Waals surface area contributed by atoms with Gasteiger partial charge >= 0.3 is 0 Å². The molecule has 0 unspecified atom stereocenters. The van der Waals surface area contributed by atoms with Gasteiger partial charge in [-0.2, -0.15) is 0 Å². The predicted octanol–water partition coefficient (Wildman–Crippen LogP) is 4.17. The van der Waals surface area contributed by atoms with Gasteiger partial charge in [0.15, 0.2) is 0 Å². The molecule has 0 aliphatic rings. The average Bonchev–Trinajstić information content (AvgIpc) is 3.03. The van der Waals surface area contributed by atoms with Crippen LogP contribution in [0.15, 0.2) is 56.1 Å². The fourth-order valence-electron chi connectivity index (χ4n) is 2.68. The van der Waals surface area contributed by atoms with Crippen molar-refractivity contribution in [3.8, 4) is 17.1 Å². The molecule has 0 aliphatic heterocycles. The van der Waals surface area contributed by atoms with Crippen LogP contribution in [0.5, 0.6) is 0 Å². The lowest BCUT2D eigenvalue weighted by atomic mass is 10.2. The number of benzene rings is 2. The highest BCUT2D eigenvalue weighted by atomic mass is 79.9. The first-order valence-corrected chi connectivity index (χ1v) is 8.58. The number of aromatic nitrogens is 4. The van der Waals surface area contributed by atoms with Crippen LogP contribution in [0.1, 0.15) is 5.82 Å². The summed E-state index contributed by atoms with van der Waals surface area (Å²) in [5, 5.41) is 7.14. The fraction of sp³-hybridized carbons (Fsp3) is 0.0588. The Hall–Kier alpha value is -2.58. The van der Waals surface area contributed by atoms with E-state index in [0.29, 0.717) is 22.6 Å². The lowest BCUT2D eigenvalue weighted by molar-refractivity contribution is 0.552. The Kier molecular flexibility index (Phi) is 3.85. The van der Waals surface area contributed by atoms with Crippen molar-refractivity contribution in [1.29, 1.82) is 0 Å². The van der Waals surface area contributed by atoms with E-state index in [2.05, 4.69) is 31.1 Å². The van der Waals surface area contributed by atoms with Gasteiger partial charge < -0.3 is 4.42 Å². The third kappa shape index (κ3) is 2.83. The number of aromatic amines is 1. The third-order valence-corrected chi connectivity index (χ3v) is 4.48. The number of rotatable bonds is 2. The highest BCUT2D eigenvalue weighted by molar-refractivity contribution is 9.10. The Labute approximate surface area is 155 Å². The molecular weight excluding hydrogens is 404 g/mol. The summed E-state index contributed by atoms with van der Waals surface area (Å²) in [7, 11) is 0. The van der Waals surface area contributed by atoms with Crippen molar-refractivity contribution < 1.29 is 4.42 Å². The molecule has 2 aromatic heterocycles. The molecule has 6 nitrogen and oxygen atoms in total. The van der Waals surface area contributed by atoms with Crippen LogP contribution in [0, 0.1) is 11.8 Å². The second-order valence-corrected chi connectivity index (χ2v) is 6.71. The van der Waals surface area contributed by atoms with Gasteiger partial charge in [-0.15, -0.1) is 5.10 Å². The van der Waals surface area contributed by atoms with Gasteiger partial charge in [-0.1, -0.05) is 15.9 Å². The molecule has 0 radical (unpaired) electrons. The molecule has 2 heterocycles. The van der Waals surface area contributed by atoms with Crippen LogP contribution < -0.4 is 5.56 Å². The first-order valence-electron chi connectivity index (χ1n) is 7.38. The second kappa shape index (κ2) is 6.05. The van der Waals surface area contributed by atoms with E-state index < -0.39 is 0 Å². The first kappa shape index (κ1) is 15.9.